The summed E-state index contributed by atoms with van der Waals surface area (Å²) in [7, 11) is 2.19. The molecule has 2 N–H and O–H groups in total. The lowest BCUT2D eigenvalue weighted by molar-refractivity contribution is 0.266. The van der Waals surface area contributed by atoms with Crippen molar-refractivity contribution in [1.29, 1.82) is 0 Å². The fraction of sp³-hybridized carbons (Fsp3) is 0.643. The van der Waals surface area contributed by atoms with Crippen molar-refractivity contribution >= 4 is 5.69 Å². The minimum absolute atomic E-state index is 0.895. The molecule has 100 valence electrons. The molecular formula is C14H24N4. The first-order chi connectivity index (χ1) is 8.58. The van der Waals surface area contributed by atoms with Crippen LogP contribution in [0.5, 0.6) is 0 Å². The SMILES string of the molecule is Cc1cnc(CN2CCCN(C)CC2)c(C)c1N. The Labute approximate surface area is 110 Å². The van der Waals surface area contributed by atoms with Gasteiger partial charge in [-0.25, -0.2) is 0 Å². The molecule has 1 aliphatic rings. The van der Waals surface area contributed by atoms with Gasteiger partial charge < -0.3 is 10.6 Å². The Bertz CT molecular complexity index is 417. The number of aromatic nitrogens is 1. The largest absolute Gasteiger partial charge is 0.398 e. The van der Waals surface area contributed by atoms with Gasteiger partial charge in [0, 0.05) is 31.5 Å². The van der Waals surface area contributed by atoms with Crippen LogP contribution >= 0.6 is 0 Å². The summed E-state index contributed by atoms with van der Waals surface area (Å²) in [5, 5.41) is 0. The first-order valence-corrected chi connectivity index (χ1v) is 6.69. The highest BCUT2D eigenvalue weighted by Crippen LogP contribution is 2.19. The summed E-state index contributed by atoms with van der Waals surface area (Å²) in [5.41, 5.74) is 10.3. The molecule has 2 heterocycles. The quantitative estimate of drug-likeness (QED) is 0.860. The number of rotatable bonds is 2. The number of aryl methyl sites for hydroxylation is 1. The number of nitrogens with zero attached hydrogens (tertiary/aromatic N) is 3. The minimum atomic E-state index is 0.895. The molecule has 1 aromatic heterocycles. The fourth-order valence-electron chi connectivity index (χ4n) is 2.42. The van der Waals surface area contributed by atoms with Gasteiger partial charge in [-0.2, -0.15) is 0 Å². The zero-order valence-corrected chi connectivity index (χ0v) is 11.7. The second-order valence-corrected chi connectivity index (χ2v) is 5.36. The molecule has 1 saturated heterocycles. The number of nitrogens with two attached hydrogens (primary N) is 1. The lowest BCUT2D eigenvalue weighted by atomic mass is 10.1. The van der Waals surface area contributed by atoms with Crippen molar-refractivity contribution in [2.75, 3.05) is 39.0 Å². The summed E-state index contributed by atoms with van der Waals surface area (Å²) >= 11 is 0. The molecule has 0 aliphatic carbocycles. The molecule has 0 spiro atoms. The predicted octanol–water partition coefficient (Wildman–Crippen LogP) is 1.42. The smallest absolute Gasteiger partial charge is 0.0593 e. The molecule has 0 bridgehead atoms. The van der Waals surface area contributed by atoms with Gasteiger partial charge in [-0.1, -0.05) is 0 Å². The van der Waals surface area contributed by atoms with Crippen molar-refractivity contribution in [1.82, 2.24) is 14.8 Å². The van der Waals surface area contributed by atoms with Crippen LogP contribution in [0.3, 0.4) is 0 Å². The van der Waals surface area contributed by atoms with E-state index < -0.39 is 0 Å². The van der Waals surface area contributed by atoms with E-state index in [4.69, 9.17) is 5.73 Å². The molecule has 1 aliphatic heterocycles. The minimum Gasteiger partial charge on any atom is -0.398 e. The number of hydrogen-bond donors (Lipinski definition) is 1. The Morgan fingerprint density at radius 3 is 2.78 bits per heavy atom. The Balaban J connectivity index is 2.07. The molecule has 0 aromatic carbocycles. The van der Waals surface area contributed by atoms with Gasteiger partial charge in [-0.05, 0) is 51.5 Å². The molecule has 2 rings (SSSR count). The molecule has 4 nitrogen and oxygen atoms in total. The highest BCUT2D eigenvalue weighted by molar-refractivity contribution is 5.53. The van der Waals surface area contributed by atoms with Gasteiger partial charge in [0.2, 0.25) is 0 Å². The second kappa shape index (κ2) is 5.67. The van der Waals surface area contributed by atoms with Crippen LogP contribution in [0, 0.1) is 13.8 Å². The van der Waals surface area contributed by atoms with E-state index >= 15 is 0 Å². The summed E-state index contributed by atoms with van der Waals surface area (Å²) < 4.78 is 0. The topological polar surface area (TPSA) is 45.4 Å². The van der Waals surface area contributed by atoms with Crippen molar-refractivity contribution < 1.29 is 0 Å². The average molecular weight is 248 g/mol. The molecule has 0 amide bonds. The van der Waals surface area contributed by atoms with Crippen LogP contribution in [0.15, 0.2) is 6.20 Å². The van der Waals surface area contributed by atoms with Crippen LogP contribution in [0.25, 0.3) is 0 Å². The van der Waals surface area contributed by atoms with Crippen LogP contribution in [-0.2, 0) is 6.54 Å². The molecule has 1 aromatic rings. The predicted molar refractivity (Wildman–Crippen MR) is 75.5 cm³/mol. The van der Waals surface area contributed by atoms with E-state index in [1.54, 1.807) is 0 Å². The Morgan fingerprint density at radius 1 is 1.22 bits per heavy atom. The molecule has 0 radical (unpaired) electrons. The first kappa shape index (κ1) is 13.3. The zero-order chi connectivity index (χ0) is 13.1. The second-order valence-electron chi connectivity index (χ2n) is 5.36. The normalized spacial score (nSPS) is 18.8. The van der Waals surface area contributed by atoms with E-state index in [1.165, 1.54) is 13.0 Å². The molecule has 1 fully saturated rings. The zero-order valence-electron chi connectivity index (χ0n) is 11.7. The van der Waals surface area contributed by atoms with Gasteiger partial charge in [-0.3, -0.25) is 9.88 Å². The Kier molecular flexibility index (Phi) is 4.19. The van der Waals surface area contributed by atoms with Crippen molar-refractivity contribution in [2.45, 2.75) is 26.8 Å². The van der Waals surface area contributed by atoms with Gasteiger partial charge in [0.25, 0.3) is 0 Å². The molecule has 0 unspecified atom stereocenters. The number of nitrogen functional groups attached to an aromatic ring is 1. The molecule has 4 heteroatoms. The molecular weight excluding hydrogens is 224 g/mol. The average Bonchev–Trinajstić information content (AvgIpc) is 2.55. The van der Waals surface area contributed by atoms with Crippen molar-refractivity contribution in [3.8, 4) is 0 Å². The van der Waals surface area contributed by atoms with Crippen LogP contribution in [0.4, 0.5) is 5.69 Å². The van der Waals surface area contributed by atoms with Gasteiger partial charge in [0.1, 0.15) is 0 Å². The van der Waals surface area contributed by atoms with Gasteiger partial charge in [-0.15, -0.1) is 0 Å². The third-order valence-electron chi connectivity index (χ3n) is 3.86. The van der Waals surface area contributed by atoms with Crippen molar-refractivity contribution in [2.24, 2.45) is 0 Å². The van der Waals surface area contributed by atoms with E-state index in [0.717, 1.165) is 48.7 Å². The lowest BCUT2D eigenvalue weighted by Crippen LogP contribution is -2.29. The van der Waals surface area contributed by atoms with E-state index in [1.807, 2.05) is 13.1 Å². The number of anilines is 1. The van der Waals surface area contributed by atoms with Crippen LogP contribution in [0.2, 0.25) is 0 Å². The van der Waals surface area contributed by atoms with E-state index in [9.17, 15) is 0 Å². The Morgan fingerprint density at radius 2 is 2.00 bits per heavy atom. The third kappa shape index (κ3) is 3.00. The summed E-state index contributed by atoms with van der Waals surface area (Å²) in [6.07, 6.45) is 3.12. The van der Waals surface area contributed by atoms with E-state index in [2.05, 4.69) is 28.8 Å². The summed E-state index contributed by atoms with van der Waals surface area (Å²) in [5.74, 6) is 0. The van der Waals surface area contributed by atoms with Crippen LogP contribution < -0.4 is 5.73 Å². The van der Waals surface area contributed by atoms with E-state index in [-0.39, 0.29) is 0 Å². The lowest BCUT2D eigenvalue weighted by Gasteiger charge is -2.21. The maximum Gasteiger partial charge on any atom is 0.0593 e. The first-order valence-electron chi connectivity index (χ1n) is 6.69. The van der Waals surface area contributed by atoms with Crippen LogP contribution in [0.1, 0.15) is 23.2 Å². The van der Waals surface area contributed by atoms with Gasteiger partial charge in [0.15, 0.2) is 0 Å². The summed E-state index contributed by atoms with van der Waals surface area (Å²) in [6, 6.07) is 0. The van der Waals surface area contributed by atoms with E-state index in [0.29, 0.717) is 0 Å². The summed E-state index contributed by atoms with van der Waals surface area (Å²) in [4.78, 5) is 9.42. The summed E-state index contributed by atoms with van der Waals surface area (Å²) in [6.45, 7) is 9.61. The van der Waals surface area contributed by atoms with Crippen LogP contribution in [-0.4, -0.2) is 48.0 Å². The Hall–Kier alpha value is -1.13. The third-order valence-corrected chi connectivity index (χ3v) is 3.86. The van der Waals surface area contributed by atoms with Gasteiger partial charge >= 0.3 is 0 Å². The number of likely N-dealkylation sites (N-methyl/N-ethyl adjacent to an activating group) is 1. The number of pyridine rings is 1. The number of hydrogen-bond acceptors (Lipinski definition) is 4. The fourth-order valence-corrected chi connectivity index (χ4v) is 2.42. The van der Waals surface area contributed by atoms with Crippen molar-refractivity contribution in [3.05, 3.63) is 23.0 Å². The maximum atomic E-state index is 6.07. The monoisotopic (exact) mass is 248 g/mol. The molecule has 0 saturated carbocycles. The standard InChI is InChI=1S/C14H24N4/c1-11-9-16-13(12(2)14(11)15)10-18-6-4-5-17(3)7-8-18/h9H,4-8,10H2,1-3H3,(H2,15,16). The highest BCUT2D eigenvalue weighted by atomic mass is 15.2. The van der Waals surface area contributed by atoms with Gasteiger partial charge in [0.05, 0.1) is 5.69 Å². The maximum absolute atomic E-state index is 6.07. The highest BCUT2D eigenvalue weighted by Gasteiger charge is 2.14. The molecule has 18 heavy (non-hydrogen) atoms. The molecule has 0 atom stereocenters. The van der Waals surface area contributed by atoms with Crippen molar-refractivity contribution in [3.63, 3.8) is 0 Å².